The molecular formula is C20H24N4O. The normalized spacial score (nSPS) is 13.9. The average molecular weight is 336 g/mol. The minimum atomic E-state index is -0.147. The van der Waals surface area contributed by atoms with E-state index in [4.69, 9.17) is 0 Å². The summed E-state index contributed by atoms with van der Waals surface area (Å²) in [5.41, 5.74) is 2.74. The predicted molar refractivity (Wildman–Crippen MR) is 101 cm³/mol. The minimum absolute atomic E-state index is 0.147. The second-order valence-electron chi connectivity index (χ2n) is 6.25. The largest absolute Gasteiger partial charge is 0.354 e. The zero-order chi connectivity index (χ0) is 17.5. The van der Waals surface area contributed by atoms with E-state index in [0.29, 0.717) is 11.6 Å². The van der Waals surface area contributed by atoms with E-state index >= 15 is 0 Å². The van der Waals surface area contributed by atoms with Crippen LogP contribution in [0.4, 0.5) is 11.6 Å². The molecule has 1 amide bonds. The van der Waals surface area contributed by atoms with Gasteiger partial charge in [-0.2, -0.15) is 0 Å². The van der Waals surface area contributed by atoms with Gasteiger partial charge < -0.3 is 10.2 Å². The number of nitrogens with zero attached hydrogens (tertiary/aromatic N) is 3. The molecule has 0 saturated carbocycles. The van der Waals surface area contributed by atoms with Crippen molar-refractivity contribution in [1.82, 2.24) is 9.97 Å². The smallest absolute Gasteiger partial charge is 0.276 e. The Bertz CT molecular complexity index is 742. The first-order valence-corrected chi connectivity index (χ1v) is 8.82. The fourth-order valence-electron chi connectivity index (χ4n) is 2.97. The first-order valence-electron chi connectivity index (χ1n) is 8.82. The predicted octanol–water partition coefficient (Wildman–Crippen LogP) is 4.06. The first kappa shape index (κ1) is 17.1. The van der Waals surface area contributed by atoms with Crippen LogP contribution >= 0.6 is 0 Å². The Morgan fingerprint density at radius 2 is 2.04 bits per heavy atom. The van der Waals surface area contributed by atoms with Crippen molar-refractivity contribution in [3.63, 3.8) is 0 Å². The standard InChI is InChI=1S/C20H24N4O/c1-24(17-10-6-3-7-11-17)19(25)18-13-15-22-20(23-18)21-14-12-16-8-4-2-5-9-16/h3,6-8,10-11,13,15H,2,4-5,9,12,14H2,1H3,(H,21,22,23). The van der Waals surface area contributed by atoms with Gasteiger partial charge in [-0.3, -0.25) is 4.79 Å². The van der Waals surface area contributed by atoms with Crippen LogP contribution in [-0.4, -0.2) is 29.5 Å². The number of hydrogen-bond acceptors (Lipinski definition) is 4. The molecule has 25 heavy (non-hydrogen) atoms. The van der Waals surface area contributed by atoms with Gasteiger partial charge in [0.15, 0.2) is 0 Å². The number of hydrogen-bond donors (Lipinski definition) is 1. The summed E-state index contributed by atoms with van der Waals surface area (Å²) in [5.74, 6) is 0.357. The lowest BCUT2D eigenvalue weighted by Gasteiger charge is -2.17. The van der Waals surface area contributed by atoms with Crippen LogP contribution in [0.15, 0.2) is 54.2 Å². The maximum absolute atomic E-state index is 12.6. The Hall–Kier alpha value is -2.69. The Morgan fingerprint density at radius 3 is 2.80 bits per heavy atom. The molecule has 1 aromatic carbocycles. The summed E-state index contributed by atoms with van der Waals surface area (Å²) in [6.07, 6.45) is 9.97. The van der Waals surface area contributed by atoms with E-state index in [1.807, 2.05) is 30.3 Å². The lowest BCUT2D eigenvalue weighted by atomic mass is 9.97. The number of allylic oxidation sites excluding steroid dienone is 1. The molecular weight excluding hydrogens is 312 g/mol. The van der Waals surface area contributed by atoms with Gasteiger partial charge in [-0.15, -0.1) is 0 Å². The van der Waals surface area contributed by atoms with Crippen LogP contribution in [0.3, 0.4) is 0 Å². The molecule has 1 aliphatic rings. The highest BCUT2D eigenvalue weighted by molar-refractivity contribution is 6.04. The van der Waals surface area contributed by atoms with Crippen molar-refractivity contribution in [3.8, 4) is 0 Å². The van der Waals surface area contributed by atoms with Gasteiger partial charge in [-0.25, -0.2) is 9.97 Å². The second-order valence-corrected chi connectivity index (χ2v) is 6.25. The Morgan fingerprint density at radius 1 is 1.20 bits per heavy atom. The SMILES string of the molecule is CN(C(=O)c1ccnc(NCCC2=CCCCC2)n1)c1ccccc1. The number of benzene rings is 1. The van der Waals surface area contributed by atoms with Crippen LogP contribution in [-0.2, 0) is 0 Å². The highest BCUT2D eigenvalue weighted by Crippen LogP contribution is 2.20. The van der Waals surface area contributed by atoms with Crippen molar-refractivity contribution in [2.24, 2.45) is 0 Å². The fourth-order valence-corrected chi connectivity index (χ4v) is 2.97. The zero-order valence-corrected chi connectivity index (χ0v) is 14.6. The molecule has 0 aliphatic heterocycles. The lowest BCUT2D eigenvalue weighted by molar-refractivity contribution is 0.0988. The quantitative estimate of drug-likeness (QED) is 0.808. The maximum atomic E-state index is 12.6. The number of nitrogens with one attached hydrogen (secondary N) is 1. The molecule has 0 spiro atoms. The highest BCUT2D eigenvalue weighted by atomic mass is 16.2. The fraction of sp³-hybridized carbons (Fsp3) is 0.350. The van der Waals surface area contributed by atoms with Crippen molar-refractivity contribution in [2.75, 3.05) is 23.8 Å². The molecule has 130 valence electrons. The average Bonchev–Trinajstić information content (AvgIpc) is 2.68. The van der Waals surface area contributed by atoms with Crippen LogP contribution in [0.25, 0.3) is 0 Å². The van der Waals surface area contributed by atoms with E-state index < -0.39 is 0 Å². The van der Waals surface area contributed by atoms with Gasteiger partial charge in [0.2, 0.25) is 5.95 Å². The van der Waals surface area contributed by atoms with E-state index in [1.165, 1.54) is 31.3 Å². The third-order valence-corrected chi connectivity index (χ3v) is 4.44. The summed E-state index contributed by atoms with van der Waals surface area (Å²) in [6, 6.07) is 11.2. The van der Waals surface area contributed by atoms with E-state index in [0.717, 1.165) is 18.7 Å². The van der Waals surface area contributed by atoms with Crippen LogP contribution in [0.2, 0.25) is 0 Å². The number of amides is 1. The Balaban J connectivity index is 1.60. The molecule has 2 aromatic rings. The topological polar surface area (TPSA) is 58.1 Å². The van der Waals surface area contributed by atoms with Crippen molar-refractivity contribution < 1.29 is 4.79 Å². The van der Waals surface area contributed by atoms with Gasteiger partial charge in [0.1, 0.15) is 5.69 Å². The van der Waals surface area contributed by atoms with Crippen molar-refractivity contribution in [1.29, 1.82) is 0 Å². The van der Waals surface area contributed by atoms with Crippen molar-refractivity contribution in [2.45, 2.75) is 32.1 Å². The van der Waals surface area contributed by atoms with E-state index in [-0.39, 0.29) is 5.91 Å². The van der Waals surface area contributed by atoms with Crippen molar-refractivity contribution >= 4 is 17.5 Å². The van der Waals surface area contributed by atoms with Gasteiger partial charge in [0, 0.05) is 25.5 Å². The van der Waals surface area contributed by atoms with E-state index in [9.17, 15) is 4.79 Å². The molecule has 1 heterocycles. The second kappa shape index (κ2) is 8.42. The number of para-hydroxylation sites is 1. The van der Waals surface area contributed by atoms with Crippen LogP contribution in [0.5, 0.6) is 0 Å². The summed E-state index contributed by atoms with van der Waals surface area (Å²) < 4.78 is 0. The number of anilines is 2. The summed E-state index contributed by atoms with van der Waals surface area (Å²) in [4.78, 5) is 22.8. The highest BCUT2D eigenvalue weighted by Gasteiger charge is 2.15. The maximum Gasteiger partial charge on any atom is 0.276 e. The van der Waals surface area contributed by atoms with Gasteiger partial charge >= 0.3 is 0 Å². The molecule has 0 unspecified atom stereocenters. The molecule has 1 N–H and O–H groups in total. The summed E-state index contributed by atoms with van der Waals surface area (Å²) in [6.45, 7) is 0.790. The minimum Gasteiger partial charge on any atom is -0.354 e. The molecule has 0 fully saturated rings. The van der Waals surface area contributed by atoms with E-state index in [1.54, 1.807) is 24.2 Å². The Kier molecular flexibility index (Phi) is 5.77. The molecule has 1 aromatic heterocycles. The lowest BCUT2D eigenvalue weighted by Crippen LogP contribution is -2.27. The third-order valence-electron chi connectivity index (χ3n) is 4.44. The van der Waals surface area contributed by atoms with Gasteiger partial charge in [0.25, 0.3) is 5.91 Å². The number of carbonyl (C=O) groups is 1. The molecule has 1 aliphatic carbocycles. The number of carbonyl (C=O) groups excluding carboxylic acids is 1. The molecule has 3 rings (SSSR count). The monoisotopic (exact) mass is 336 g/mol. The zero-order valence-electron chi connectivity index (χ0n) is 14.6. The van der Waals surface area contributed by atoms with E-state index in [2.05, 4.69) is 21.4 Å². The van der Waals surface area contributed by atoms with Crippen LogP contribution < -0.4 is 10.2 Å². The molecule has 0 bridgehead atoms. The first-order chi connectivity index (χ1) is 12.2. The molecule has 0 radical (unpaired) electrons. The summed E-state index contributed by atoms with van der Waals surface area (Å²) in [5, 5.41) is 3.23. The number of aromatic nitrogens is 2. The third kappa shape index (κ3) is 4.66. The van der Waals surface area contributed by atoms with Crippen LogP contribution in [0.1, 0.15) is 42.6 Å². The molecule has 0 atom stereocenters. The number of rotatable bonds is 6. The molecule has 5 nitrogen and oxygen atoms in total. The van der Waals surface area contributed by atoms with Gasteiger partial charge in [0.05, 0.1) is 0 Å². The summed E-state index contributed by atoms with van der Waals surface area (Å²) >= 11 is 0. The summed E-state index contributed by atoms with van der Waals surface area (Å²) in [7, 11) is 1.75. The van der Waals surface area contributed by atoms with Gasteiger partial charge in [-0.1, -0.05) is 29.8 Å². The molecule has 5 heteroatoms. The van der Waals surface area contributed by atoms with Crippen LogP contribution in [0, 0.1) is 0 Å². The molecule has 0 saturated heterocycles. The Labute approximate surface area is 148 Å². The van der Waals surface area contributed by atoms with Gasteiger partial charge in [-0.05, 0) is 50.3 Å². The van der Waals surface area contributed by atoms with Crippen molar-refractivity contribution in [3.05, 3.63) is 59.9 Å².